The van der Waals surface area contributed by atoms with Gasteiger partial charge in [0.25, 0.3) is 0 Å². The van der Waals surface area contributed by atoms with Crippen molar-refractivity contribution in [3.63, 3.8) is 0 Å². The molecule has 1 aromatic heterocycles. The van der Waals surface area contributed by atoms with Crippen LogP contribution in [0.3, 0.4) is 0 Å². The van der Waals surface area contributed by atoms with Crippen LogP contribution in [-0.4, -0.2) is 0 Å². The Morgan fingerprint density at radius 2 is 1.75 bits per heavy atom. The average Bonchev–Trinajstić information content (AvgIpc) is 2.58. The fraction of sp³-hybridized carbons (Fsp3) is 0.467. The molecule has 0 bridgehead atoms. The molecular formula is C15H20O. The van der Waals surface area contributed by atoms with Gasteiger partial charge in [-0.05, 0) is 23.1 Å². The fourth-order valence-electron chi connectivity index (χ4n) is 1.80. The molecule has 0 radical (unpaired) electrons. The lowest BCUT2D eigenvalue weighted by Gasteiger charge is -2.18. The summed E-state index contributed by atoms with van der Waals surface area (Å²) in [6.07, 6.45) is 0. The van der Waals surface area contributed by atoms with Crippen LogP contribution in [0, 0.1) is 0 Å². The Bertz CT molecular complexity index is 498. The summed E-state index contributed by atoms with van der Waals surface area (Å²) in [4.78, 5) is 0. The van der Waals surface area contributed by atoms with Gasteiger partial charge in [0.1, 0.15) is 11.3 Å². The first-order chi connectivity index (χ1) is 7.38. The lowest BCUT2D eigenvalue weighted by molar-refractivity contribution is 0.519. The number of furan rings is 1. The quantitative estimate of drug-likeness (QED) is 0.664. The number of fused-ring (bicyclic) bond motifs is 1. The first-order valence-corrected chi connectivity index (χ1v) is 5.92. The molecule has 0 amide bonds. The molecule has 0 saturated carbocycles. The molecular weight excluding hydrogens is 196 g/mol. The molecule has 1 nitrogen and oxygen atoms in total. The van der Waals surface area contributed by atoms with E-state index in [2.05, 4.69) is 58.9 Å². The minimum absolute atomic E-state index is 0.180. The van der Waals surface area contributed by atoms with Gasteiger partial charge in [0.2, 0.25) is 0 Å². The standard InChI is InChI=1S/C15H20O/c1-10(2)13-8-11-6-7-12(15(3,4)5)9-14(11)16-13/h6-10H,1-5H3. The van der Waals surface area contributed by atoms with E-state index >= 15 is 0 Å². The maximum atomic E-state index is 5.87. The molecule has 0 atom stereocenters. The van der Waals surface area contributed by atoms with Gasteiger partial charge in [0.05, 0.1) is 0 Å². The Labute approximate surface area is 97.5 Å². The van der Waals surface area contributed by atoms with Crippen molar-refractivity contribution in [1.82, 2.24) is 0 Å². The van der Waals surface area contributed by atoms with Crippen molar-refractivity contribution in [3.05, 3.63) is 35.6 Å². The van der Waals surface area contributed by atoms with Gasteiger partial charge in [-0.2, -0.15) is 0 Å². The van der Waals surface area contributed by atoms with Crippen LogP contribution in [-0.2, 0) is 5.41 Å². The Balaban J connectivity index is 2.54. The third kappa shape index (κ3) is 1.99. The zero-order chi connectivity index (χ0) is 11.9. The second kappa shape index (κ2) is 3.65. The molecule has 1 aromatic carbocycles. The Hall–Kier alpha value is -1.24. The van der Waals surface area contributed by atoms with Crippen molar-refractivity contribution >= 4 is 11.0 Å². The third-order valence-electron chi connectivity index (χ3n) is 2.97. The van der Waals surface area contributed by atoms with E-state index < -0.39 is 0 Å². The van der Waals surface area contributed by atoms with Crippen molar-refractivity contribution in [2.24, 2.45) is 0 Å². The molecule has 2 rings (SSSR count). The van der Waals surface area contributed by atoms with E-state index in [1.54, 1.807) is 0 Å². The van der Waals surface area contributed by atoms with Crippen LogP contribution in [0.25, 0.3) is 11.0 Å². The van der Waals surface area contributed by atoms with Gasteiger partial charge in [-0.15, -0.1) is 0 Å². The molecule has 0 unspecified atom stereocenters. The highest BCUT2D eigenvalue weighted by Gasteiger charge is 2.15. The van der Waals surface area contributed by atoms with Gasteiger partial charge in [0, 0.05) is 11.3 Å². The van der Waals surface area contributed by atoms with Gasteiger partial charge in [-0.25, -0.2) is 0 Å². The van der Waals surface area contributed by atoms with Gasteiger partial charge < -0.3 is 4.42 Å². The summed E-state index contributed by atoms with van der Waals surface area (Å²) in [7, 11) is 0. The van der Waals surface area contributed by atoms with Crippen LogP contribution in [0.2, 0.25) is 0 Å². The molecule has 1 heteroatoms. The summed E-state index contributed by atoms with van der Waals surface area (Å²) >= 11 is 0. The summed E-state index contributed by atoms with van der Waals surface area (Å²) in [5, 5.41) is 1.21. The summed E-state index contributed by atoms with van der Waals surface area (Å²) in [5.74, 6) is 1.52. The number of hydrogen-bond donors (Lipinski definition) is 0. The van der Waals surface area contributed by atoms with Crippen LogP contribution in [0.4, 0.5) is 0 Å². The second-order valence-corrected chi connectivity index (χ2v) is 5.81. The zero-order valence-electron chi connectivity index (χ0n) is 10.8. The number of hydrogen-bond acceptors (Lipinski definition) is 1. The molecule has 86 valence electrons. The second-order valence-electron chi connectivity index (χ2n) is 5.81. The highest BCUT2D eigenvalue weighted by molar-refractivity contribution is 5.79. The van der Waals surface area contributed by atoms with Gasteiger partial charge >= 0.3 is 0 Å². The van der Waals surface area contributed by atoms with Crippen molar-refractivity contribution in [2.75, 3.05) is 0 Å². The molecule has 1 heterocycles. The predicted octanol–water partition coefficient (Wildman–Crippen LogP) is 4.85. The van der Waals surface area contributed by atoms with Crippen LogP contribution >= 0.6 is 0 Å². The highest BCUT2D eigenvalue weighted by Crippen LogP contribution is 2.29. The van der Waals surface area contributed by atoms with Crippen molar-refractivity contribution in [3.8, 4) is 0 Å². The Morgan fingerprint density at radius 1 is 1.06 bits per heavy atom. The van der Waals surface area contributed by atoms with Crippen LogP contribution in [0.1, 0.15) is 51.9 Å². The fourth-order valence-corrected chi connectivity index (χ4v) is 1.80. The van der Waals surface area contributed by atoms with Crippen molar-refractivity contribution in [1.29, 1.82) is 0 Å². The minimum atomic E-state index is 0.180. The molecule has 0 saturated heterocycles. The SMILES string of the molecule is CC(C)c1cc2ccc(C(C)(C)C)cc2o1. The highest BCUT2D eigenvalue weighted by atomic mass is 16.3. The van der Waals surface area contributed by atoms with Crippen LogP contribution in [0.5, 0.6) is 0 Å². The summed E-state index contributed by atoms with van der Waals surface area (Å²) < 4.78 is 5.87. The first-order valence-electron chi connectivity index (χ1n) is 5.92. The van der Waals surface area contributed by atoms with Crippen LogP contribution < -0.4 is 0 Å². The van der Waals surface area contributed by atoms with E-state index in [9.17, 15) is 0 Å². The molecule has 0 spiro atoms. The predicted molar refractivity (Wildman–Crippen MR) is 69.0 cm³/mol. The van der Waals surface area contributed by atoms with E-state index in [0.29, 0.717) is 5.92 Å². The van der Waals surface area contributed by atoms with E-state index in [0.717, 1.165) is 11.3 Å². The largest absolute Gasteiger partial charge is 0.461 e. The van der Waals surface area contributed by atoms with Gasteiger partial charge in [-0.3, -0.25) is 0 Å². The maximum Gasteiger partial charge on any atom is 0.134 e. The van der Waals surface area contributed by atoms with E-state index in [-0.39, 0.29) is 5.41 Å². The van der Waals surface area contributed by atoms with E-state index in [4.69, 9.17) is 4.42 Å². The van der Waals surface area contributed by atoms with Crippen molar-refractivity contribution < 1.29 is 4.42 Å². The van der Waals surface area contributed by atoms with E-state index in [1.807, 2.05) is 0 Å². The summed E-state index contributed by atoms with van der Waals surface area (Å²) in [5.41, 5.74) is 2.51. The Kier molecular flexibility index (Phi) is 2.57. The van der Waals surface area contributed by atoms with Crippen LogP contribution in [0.15, 0.2) is 28.7 Å². The Morgan fingerprint density at radius 3 is 2.31 bits per heavy atom. The molecule has 0 aliphatic rings. The average molecular weight is 216 g/mol. The first kappa shape index (κ1) is 11.3. The normalized spacial score (nSPS) is 12.6. The van der Waals surface area contributed by atoms with Gasteiger partial charge in [0.15, 0.2) is 0 Å². The monoisotopic (exact) mass is 216 g/mol. The smallest absolute Gasteiger partial charge is 0.134 e. The molecule has 0 fully saturated rings. The van der Waals surface area contributed by atoms with Crippen molar-refractivity contribution in [2.45, 2.75) is 46.0 Å². The minimum Gasteiger partial charge on any atom is -0.461 e. The summed E-state index contributed by atoms with van der Waals surface area (Å²) in [6.45, 7) is 11.0. The summed E-state index contributed by atoms with van der Waals surface area (Å²) in [6, 6.07) is 8.67. The molecule has 0 N–H and O–H groups in total. The maximum absolute atomic E-state index is 5.87. The van der Waals surface area contributed by atoms with Gasteiger partial charge in [-0.1, -0.05) is 46.8 Å². The molecule has 2 aromatic rings. The topological polar surface area (TPSA) is 13.1 Å². The number of benzene rings is 1. The molecule has 16 heavy (non-hydrogen) atoms. The van der Waals surface area contributed by atoms with E-state index in [1.165, 1.54) is 10.9 Å². The third-order valence-corrected chi connectivity index (χ3v) is 2.97. The number of rotatable bonds is 1. The zero-order valence-corrected chi connectivity index (χ0v) is 10.8. The molecule has 0 aliphatic carbocycles. The molecule has 0 aliphatic heterocycles. The lowest BCUT2D eigenvalue weighted by atomic mass is 9.87. The lowest BCUT2D eigenvalue weighted by Crippen LogP contribution is -2.10.